The largest absolute Gasteiger partial charge is 0.344 e. The maximum Gasteiger partial charge on any atom is 0.185 e. The fraction of sp³-hybridized carbons (Fsp3) is 0.667. The zero-order valence-corrected chi connectivity index (χ0v) is 9.18. The van der Waals surface area contributed by atoms with Crippen molar-refractivity contribution in [3.63, 3.8) is 0 Å². The van der Waals surface area contributed by atoms with Gasteiger partial charge in [-0.05, 0) is 19.8 Å². The van der Waals surface area contributed by atoms with Crippen LogP contribution < -0.4 is 4.90 Å². The molecule has 2 nitrogen and oxygen atoms in total. The normalized spacial score (nSPS) is 29.2. The Morgan fingerprint density at radius 3 is 3.23 bits per heavy atom. The van der Waals surface area contributed by atoms with Gasteiger partial charge in [0.2, 0.25) is 0 Å². The quantitative estimate of drug-likeness (QED) is 0.672. The first kappa shape index (κ1) is 9.28. The van der Waals surface area contributed by atoms with Crippen LogP contribution in [0.4, 0.5) is 5.13 Å². The van der Waals surface area contributed by atoms with E-state index in [2.05, 4.69) is 16.8 Å². The maximum absolute atomic E-state index is 6.21. The number of hydrogen-bond acceptors (Lipinski definition) is 3. The Kier molecular flexibility index (Phi) is 2.74. The average Bonchev–Trinajstić information content (AvgIpc) is 2.62. The van der Waals surface area contributed by atoms with Crippen LogP contribution in [0.1, 0.15) is 19.8 Å². The molecule has 13 heavy (non-hydrogen) atoms. The van der Waals surface area contributed by atoms with Crippen LogP contribution in [0, 0.1) is 0 Å². The van der Waals surface area contributed by atoms with E-state index in [1.807, 2.05) is 11.6 Å². The van der Waals surface area contributed by atoms with Gasteiger partial charge in [-0.1, -0.05) is 0 Å². The first-order valence-electron chi connectivity index (χ1n) is 4.59. The highest BCUT2D eigenvalue weighted by molar-refractivity contribution is 7.13. The molecule has 72 valence electrons. The Bertz CT molecular complexity index is 263. The van der Waals surface area contributed by atoms with Gasteiger partial charge in [0.25, 0.3) is 0 Å². The lowest BCUT2D eigenvalue weighted by molar-refractivity contribution is 0.491. The number of alkyl halides is 1. The van der Waals surface area contributed by atoms with Gasteiger partial charge in [0, 0.05) is 24.2 Å². The molecular weight excluding hydrogens is 204 g/mol. The lowest BCUT2D eigenvalue weighted by Gasteiger charge is -2.36. The summed E-state index contributed by atoms with van der Waals surface area (Å²) < 4.78 is 0. The Hall–Kier alpha value is -0.280. The number of aromatic nitrogens is 1. The monoisotopic (exact) mass is 216 g/mol. The van der Waals surface area contributed by atoms with Gasteiger partial charge in [-0.15, -0.1) is 22.9 Å². The van der Waals surface area contributed by atoms with E-state index in [4.69, 9.17) is 11.6 Å². The summed E-state index contributed by atoms with van der Waals surface area (Å²) >= 11 is 7.91. The van der Waals surface area contributed by atoms with E-state index in [-0.39, 0.29) is 5.38 Å². The van der Waals surface area contributed by atoms with Crippen LogP contribution in [0.2, 0.25) is 0 Å². The minimum atomic E-state index is 0.276. The van der Waals surface area contributed by atoms with Gasteiger partial charge in [0.1, 0.15) is 0 Å². The molecule has 4 heteroatoms. The first-order valence-corrected chi connectivity index (χ1v) is 5.91. The predicted molar refractivity (Wildman–Crippen MR) is 57.8 cm³/mol. The average molecular weight is 217 g/mol. The summed E-state index contributed by atoms with van der Waals surface area (Å²) in [7, 11) is 0. The predicted octanol–water partition coefficient (Wildman–Crippen LogP) is 2.74. The number of nitrogens with zero attached hydrogens (tertiary/aromatic N) is 2. The number of hydrogen-bond donors (Lipinski definition) is 0. The summed E-state index contributed by atoms with van der Waals surface area (Å²) in [6.45, 7) is 3.27. The summed E-state index contributed by atoms with van der Waals surface area (Å²) in [4.78, 5) is 6.62. The third-order valence-corrected chi connectivity index (χ3v) is 3.95. The SMILES string of the molecule is CC1C(Cl)CCCN1c1nccs1. The van der Waals surface area contributed by atoms with E-state index >= 15 is 0 Å². The van der Waals surface area contributed by atoms with Crippen LogP contribution in [-0.4, -0.2) is 22.9 Å². The molecule has 2 unspecified atom stereocenters. The molecule has 0 radical (unpaired) electrons. The standard InChI is InChI=1S/C9H13ClN2S/c1-7-8(10)3-2-5-12(7)9-11-4-6-13-9/h4,6-8H,2-3,5H2,1H3. The molecule has 2 atom stereocenters. The minimum absolute atomic E-state index is 0.276. The minimum Gasteiger partial charge on any atom is -0.344 e. The Balaban J connectivity index is 2.14. The molecule has 0 aromatic carbocycles. The highest BCUT2D eigenvalue weighted by Gasteiger charge is 2.27. The van der Waals surface area contributed by atoms with Gasteiger partial charge in [-0.2, -0.15) is 0 Å². The number of halogens is 1. The van der Waals surface area contributed by atoms with E-state index in [1.165, 1.54) is 6.42 Å². The van der Waals surface area contributed by atoms with Gasteiger partial charge >= 0.3 is 0 Å². The van der Waals surface area contributed by atoms with E-state index in [0.29, 0.717) is 6.04 Å². The van der Waals surface area contributed by atoms with Crippen molar-refractivity contribution in [1.82, 2.24) is 4.98 Å². The molecular formula is C9H13ClN2S. The van der Waals surface area contributed by atoms with Crippen molar-refractivity contribution in [3.8, 4) is 0 Å². The third kappa shape index (κ3) is 1.81. The van der Waals surface area contributed by atoms with Crippen LogP contribution in [0.3, 0.4) is 0 Å². The Morgan fingerprint density at radius 2 is 2.54 bits per heavy atom. The molecule has 0 spiro atoms. The number of thiazole rings is 1. The molecule has 2 heterocycles. The molecule has 0 amide bonds. The van der Waals surface area contributed by atoms with Gasteiger partial charge in [0.05, 0.1) is 5.38 Å². The van der Waals surface area contributed by atoms with Crippen LogP contribution in [0.5, 0.6) is 0 Å². The fourth-order valence-electron chi connectivity index (χ4n) is 1.72. The number of rotatable bonds is 1. The zero-order chi connectivity index (χ0) is 9.26. The smallest absolute Gasteiger partial charge is 0.185 e. The lowest BCUT2D eigenvalue weighted by Crippen LogP contribution is -2.44. The molecule has 1 fully saturated rings. The zero-order valence-electron chi connectivity index (χ0n) is 7.61. The second kappa shape index (κ2) is 3.84. The second-order valence-electron chi connectivity index (χ2n) is 3.41. The Morgan fingerprint density at radius 1 is 1.69 bits per heavy atom. The van der Waals surface area contributed by atoms with E-state index in [1.54, 1.807) is 11.3 Å². The van der Waals surface area contributed by atoms with Gasteiger partial charge in [-0.25, -0.2) is 4.98 Å². The summed E-state index contributed by atoms with van der Waals surface area (Å²) in [5.41, 5.74) is 0. The highest BCUT2D eigenvalue weighted by Crippen LogP contribution is 2.28. The van der Waals surface area contributed by atoms with Gasteiger partial charge in [-0.3, -0.25) is 0 Å². The van der Waals surface area contributed by atoms with E-state index < -0.39 is 0 Å². The molecule has 1 saturated heterocycles. The van der Waals surface area contributed by atoms with Crippen LogP contribution in [0.25, 0.3) is 0 Å². The van der Waals surface area contributed by atoms with Crippen molar-refractivity contribution in [3.05, 3.63) is 11.6 Å². The lowest BCUT2D eigenvalue weighted by atomic mass is 10.0. The third-order valence-electron chi connectivity index (χ3n) is 2.56. The number of anilines is 1. The van der Waals surface area contributed by atoms with E-state index in [9.17, 15) is 0 Å². The fourth-order valence-corrected chi connectivity index (χ4v) is 2.77. The summed E-state index contributed by atoms with van der Waals surface area (Å²) in [5, 5.41) is 3.40. The molecule has 2 rings (SSSR count). The summed E-state index contributed by atoms with van der Waals surface area (Å²) in [6.07, 6.45) is 4.16. The molecule has 1 aromatic heterocycles. The van der Waals surface area contributed by atoms with Crippen molar-refractivity contribution in [2.45, 2.75) is 31.2 Å². The first-order chi connectivity index (χ1) is 6.29. The Labute approximate surface area is 87.5 Å². The van der Waals surface area contributed by atoms with Crippen molar-refractivity contribution >= 4 is 28.1 Å². The summed E-state index contributed by atoms with van der Waals surface area (Å²) in [6, 6.07) is 0.418. The van der Waals surface area contributed by atoms with Crippen LogP contribution in [-0.2, 0) is 0 Å². The second-order valence-corrected chi connectivity index (χ2v) is 4.84. The van der Waals surface area contributed by atoms with Crippen LogP contribution >= 0.6 is 22.9 Å². The topological polar surface area (TPSA) is 16.1 Å². The van der Waals surface area contributed by atoms with Gasteiger partial charge in [0.15, 0.2) is 5.13 Å². The van der Waals surface area contributed by atoms with Crippen molar-refractivity contribution in [1.29, 1.82) is 0 Å². The van der Waals surface area contributed by atoms with Crippen molar-refractivity contribution in [2.24, 2.45) is 0 Å². The molecule has 0 N–H and O–H groups in total. The number of piperidine rings is 1. The molecule has 0 aliphatic carbocycles. The van der Waals surface area contributed by atoms with Crippen LogP contribution in [0.15, 0.2) is 11.6 Å². The maximum atomic E-state index is 6.21. The molecule has 1 aromatic rings. The van der Waals surface area contributed by atoms with E-state index in [0.717, 1.165) is 18.1 Å². The molecule has 1 aliphatic rings. The van der Waals surface area contributed by atoms with Crippen molar-refractivity contribution < 1.29 is 0 Å². The van der Waals surface area contributed by atoms with Crippen molar-refractivity contribution in [2.75, 3.05) is 11.4 Å². The molecule has 0 bridgehead atoms. The summed E-state index contributed by atoms with van der Waals surface area (Å²) in [5.74, 6) is 0. The molecule has 1 aliphatic heterocycles. The highest BCUT2D eigenvalue weighted by atomic mass is 35.5. The van der Waals surface area contributed by atoms with Gasteiger partial charge < -0.3 is 4.90 Å². The molecule has 0 saturated carbocycles.